The topological polar surface area (TPSA) is 64.3 Å². The molecule has 0 fully saturated rings. The van der Waals surface area contributed by atoms with Crippen molar-refractivity contribution in [1.82, 2.24) is 0 Å². The number of hydrogen-bond acceptors (Lipinski definition) is 5. The van der Waals surface area contributed by atoms with Gasteiger partial charge in [-0.1, -0.05) is 0 Å². The number of carbonyl (C=O) groups excluding carboxylic acids is 1. The minimum absolute atomic E-state index is 0.504. The van der Waals surface area contributed by atoms with Gasteiger partial charge in [-0.2, -0.15) is 0 Å². The lowest BCUT2D eigenvalue weighted by Gasteiger charge is -2.19. The van der Waals surface area contributed by atoms with Crippen LogP contribution >= 0.6 is 24.0 Å². The second-order valence-corrected chi connectivity index (χ2v) is 5.83. The first kappa shape index (κ1) is 12.2. The summed E-state index contributed by atoms with van der Waals surface area (Å²) < 4.78 is 5.75. The van der Waals surface area contributed by atoms with E-state index >= 15 is 0 Å². The molecule has 0 saturated carbocycles. The Bertz CT molecular complexity index is 369. The molecule has 0 spiro atoms. The summed E-state index contributed by atoms with van der Waals surface area (Å²) in [6, 6.07) is 1.65. The largest absolute Gasteiger partial charge is 0.444 e. The van der Waals surface area contributed by atoms with Crippen molar-refractivity contribution in [2.75, 3.05) is 11.1 Å². The number of carbonyl (C=O) groups is 1. The van der Waals surface area contributed by atoms with Crippen molar-refractivity contribution < 1.29 is 9.53 Å². The smallest absolute Gasteiger partial charge is 0.412 e. The predicted octanol–water partition coefficient (Wildman–Crippen LogP) is 2.97. The Kier molecular flexibility index (Phi) is 3.51. The Hall–Kier alpha value is -0.880. The number of nitrogens with two attached hydrogens (primary N) is 1. The fourth-order valence-corrected chi connectivity index (χ4v) is 1.96. The SMILES string of the molecule is CC(C)(C)OC(=O)Nc1cc(N)sc1S. The molecule has 0 aliphatic heterocycles. The van der Waals surface area contributed by atoms with Crippen molar-refractivity contribution in [3.05, 3.63) is 6.07 Å². The molecule has 1 heterocycles. The molecule has 15 heavy (non-hydrogen) atoms. The molecule has 0 bridgehead atoms. The van der Waals surface area contributed by atoms with Crippen LogP contribution in [-0.4, -0.2) is 11.7 Å². The summed E-state index contributed by atoms with van der Waals surface area (Å²) in [6.07, 6.45) is -0.504. The highest BCUT2D eigenvalue weighted by Crippen LogP contribution is 2.32. The minimum Gasteiger partial charge on any atom is -0.444 e. The Morgan fingerprint density at radius 3 is 2.60 bits per heavy atom. The van der Waals surface area contributed by atoms with Crippen molar-refractivity contribution in [3.63, 3.8) is 0 Å². The van der Waals surface area contributed by atoms with Crippen LogP contribution in [0.4, 0.5) is 15.5 Å². The maximum atomic E-state index is 11.4. The van der Waals surface area contributed by atoms with Gasteiger partial charge in [0.15, 0.2) is 0 Å². The molecule has 1 rings (SSSR count). The molecule has 0 radical (unpaired) electrons. The van der Waals surface area contributed by atoms with Crippen LogP contribution in [0.25, 0.3) is 0 Å². The van der Waals surface area contributed by atoms with Gasteiger partial charge in [0, 0.05) is 0 Å². The number of thiol groups is 1. The van der Waals surface area contributed by atoms with Gasteiger partial charge in [-0.05, 0) is 26.8 Å². The van der Waals surface area contributed by atoms with Crippen LogP contribution < -0.4 is 11.1 Å². The number of nitrogens with one attached hydrogen (secondary N) is 1. The highest BCUT2D eigenvalue weighted by molar-refractivity contribution is 7.83. The second kappa shape index (κ2) is 4.32. The van der Waals surface area contributed by atoms with Gasteiger partial charge in [-0.3, -0.25) is 5.32 Å². The molecule has 6 heteroatoms. The third kappa shape index (κ3) is 4.01. The number of rotatable bonds is 1. The van der Waals surface area contributed by atoms with E-state index in [4.69, 9.17) is 10.5 Å². The van der Waals surface area contributed by atoms with Crippen LogP contribution in [0.3, 0.4) is 0 Å². The van der Waals surface area contributed by atoms with Crippen LogP contribution in [0.15, 0.2) is 10.3 Å². The van der Waals surface area contributed by atoms with Gasteiger partial charge in [0.25, 0.3) is 0 Å². The van der Waals surface area contributed by atoms with E-state index in [9.17, 15) is 4.79 Å². The maximum absolute atomic E-state index is 11.4. The zero-order chi connectivity index (χ0) is 11.6. The molecule has 3 N–H and O–H groups in total. The quantitative estimate of drug-likeness (QED) is 0.667. The lowest BCUT2D eigenvalue weighted by Crippen LogP contribution is -2.27. The summed E-state index contributed by atoms with van der Waals surface area (Å²) in [5, 5.41) is 3.18. The third-order valence-corrected chi connectivity index (χ3v) is 2.65. The minimum atomic E-state index is -0.511. The Labute approximate surface area is 98.2 Å². The van der Waals surface area contributed by atoms with E-state index in [0.717, 1.165) is 0 Å². The average Bonchev–Trinajstić information content (AvgIpc) is 2.25. The van der Waals surface area contributed by atoms with Crippen LogP contribution in [0.1, 0.15) is 20.8 Å². The van der Waals surface area contributed by atoms with E-state index in [2.05, 4.69) is 17.9 Å². The molecule has 0 atom stereocenters. The molecule has 1 aromatic heterocycles. The molecule has 0 aliphatic carbocycles. The first-order chi connectivity index (χ1) is 6.78. The molecule has 0 aromatic carbocycles. The Balaban J connectivity index is 2.63. The van der Waals surface area contributed by atoms with E-state index in [-0.39, 0.29) is 0 Å². The maximum Gasteiger partial charge on any atom is 0.412 e. The number of nitrogen functional groups attached to an aromatic ring is 1. The summed E-state index contributed by atoms with van der Waals surface area (Å²) in [5.41, 5.74) is 5.63. The van der Waals surface area contributed by atoms with E-state index in [0.29, 0.717) is 14.9 Å². The summed E-state index contributed by atoms with van der Waals surface area (Å²) in [4.78, 5) is 11.4. The summed E-state index contributed by atoms with van der Waals surface area (Å²) in [5.74, 6) is 0. The standard InChI is InChI=1S/C9H14N2O2S2/c1-9(2,3)13-8(12)11-5-4-6(10)15-7(5)14/h4,14H,10H2,1-3H3,(H,11,12). The van der Waals surface area contributed by atoms with E-state index in [1.165, 1.54) is 11.3 Å². The van der Waals surface area contributed by atoms with Crippen LogP contribution in [0, 0.1) is 0 Å². The van der Waals surface area contributed by atoms with Crippen molar-refractivity contribution in [1.29, 1.82) is 0 Å². The normalized spacial score (nSPS) is 11.2. The first-order valence-corrected chi connectivity index (χ1v) is 5.62. The van der Waals surface area contributed by atoms with Crippen molar-refractivity contribution >= 4 is 40.7 Å². The third-order valence-electron chi connectivity index (χ3n) is 1.37. The van der Waals surface area contributed by atoms with E-state index < -0.39 is 11.7 Å². The van der Waals surface area contributed by atoms with Gasteiger partial charge >= 0.3 is 6.09 Å². The number of hydrogen-bond donors (Lipinski definition) is 3. The molecule has 4 nitrogen and oxygen atoms in total. The van der Waals surface area contributed by atoms with E-state index in [1.807, 2.05) is 0 Å². The van der Waals surface area contributed by atoms with Crippen molar-refractivity contribution in [2.45, 2.75) is 30.6 Å². The number of thiophene rings is 1. The molecule has 1 aromatic rings. The van der Waals surface area contributed by atoms with Gasteiger partial charge in [0.1, 0.15) is 5.60 Å². The summed E-state index contributed by atoms with van der Waals surface area (Å²) in [7, 11) is 0. The van der Waals surface area contributed by atoms with Gasteiger partial charge in [-0.25, -0.2) is 4.79 Å². The fourth-order valence-electron chi connectivity index (χ4n) is 0.903. The molecular formula is C9H14N2O2S2. The summed E-state index contributed by atoms with van der Waals surface area (Å²) in [6.45, 7) is 5.41. The first-order valence-electron chi connectivity index (χ1n) is 4.36. The van der Waals surface area contributed by atoms with Gasteiger partial charge in [0.05, 0.1) is 14.9 Å². The van der Waals surface area contributed by atoms with Crippen LogP contribution in [0.2, 0.25) is 0 Å². The van der Waals surface area contributed by atoms with Crippen molar-refractivity contribution in [2.24, 2.45) is 0 Å². The lowest BCUT2D eigenvalue weighted by molar-refractivity contribution is 0.0635. The van der Waals surface area contributed by atoms with Gasteiger partial charge in [-0.15, -0.1) is 24.0 Å². The molecule has 1 amide bonds. The monoisotopic (exact) mass is 246 g/mol. The van der Waals surface area contributed by atoms with Gasteiger partial charge in [0.2, 0.25) is 0 Å². The molecule has 84 valence electrons. The summed E-state index contributed by atoms with van der Waals surface area (Å²) >= 11 is 5.47. The number of ether oxygens (including phenoxy) is 1. The fraction of sp³-hybridized carbons (Fsp3) is 0.444. The molecule has 0 aliphatic rings. The Morgan fingerprint density at radius 2 is 2.20 bits per heavy atom. The predicted molar refractivity (Wildman–Crippen MR) is 65.8 cm³/mol. The van der Waals surface area contributed by atoms with E-state index in [1.54, 1.807) is 26.8 Å². The number of amides is 1. The zero-order valence-corrected chi connectivity index (χ0v) is 10.5. The highest BCUT2D eigenvalue weighted by Gasteiger charge is 2.17. The molecule has 0 unspecified atom stereocenters. The zero-order valence-electron chi connectivity index (χ0n) is 8.83. The highest BCUT2D eigenvalue weighted by atomic mass is 32.2. The second-order valence-electron chi connectivity index (χ2n) is 3.99. The van der Waals surface area contributed by atoms with Gasteiger partial charge < -0.3 is 10.5 Å². The van der Waals surface area contributed by atoms with Crippen LogP contribution in [-0.2, 0) is 4.74 Å². The number of anilines is 2. The lowest BCUT2D eigenvalue weighted by atomic mass is 10.2. The van der Waals surface area contributed by atoms with Crippen LogP contribution in [0.5, 0.6) is 0 Å². The van der Waals surface area contributed by atoms with Crippen molar-refractivity contribution in [3.8, 4) is 0 Å². The molecular weight excluding hydrogens is 232 g/mol. The Morgan fingerprint density at radius 1 is 1.60 bits per heavy atom. The molecule has 0 saturated heterocycles. The average molecular weight is 246 g/mol.